The van der Waals surface area contributed by atoms with Gasteiger partial charge >= 0.3 is 6.09 Å². The first-order chi connectivity index (χ1) is 11.6. The summed E-state index contributed by atoms with van der Waals surface area (Å²) in [5.74, 6) is 0.464. The van der Waals surface area contributed by atoms with Crippen LogP contribution in [0.1, 0.15) is 12.6 Å². The van der Waals surface area contributed by atoms with Gasteiger partial charge < -0.3 is 14.9 Å². The number of piperazine rings is 1. The van der Waals surface area contributed by atoms with Gasteiger partial charge in [-0.25, -0.2) is 18.2 Å². The molecule has 3 heterocycles. The number of anilines is 1. The molecule has 2 aromatic rings. The van der Waals surface area contributed by atoms with Crippen LogP contribution in [0.3, 0.4) is 0 Å². The van der Waals surface area contributed by atoms with Gasteiger partial charge in [0, 0.05) is 39.0 Å². The van der Waals surface area contributed by atoms with Gasteiger partial charge in [-0.3, -0.25) is 4.68 Å². The molecule has 1 amide bonds. The minimum Gasteiger partial charge on any atom is -0.465 e. The van der Waals surface area contributed by atoms with Crippen LogP contribution in [-0.2, 0) is 16.9 Å². The lowest BCUT2D eigenvalue weighted by Gasteiger charge is -2.39. The summed E-state index contributed by atoms with van der Waals surface area (Å²) >= 11 is 0. The number of aryl methyl sites for hydroxylation is 2. The Hall–Kier alpha value is -2.43. The highest BCUT2D eigenvalue weighted by Gasteiger charge is 2.31. The number of hydrogen-bond acceptors (Lipinski definition) is 7. The SMILES string of the molecule is Cc1nn(C)c2c(N3CCN(C(=O)O)C[C@@H]3C)nc(S(C)(=O)=O)nc12. The number of rotatable bonds is 2. The van der Waals surface area contributed by atoms with Gasteiger partial charge in [-0.2, -0.15) is 10.1 Å². The summed E-state index contributed by atoms with van der Waals surface area (Å²) in [6.45, 7) is 4.68. The maximum Gasteiger partial charge on any atom is 0.407 e. The molecular weight excluding hydrogens is 348 g/mol. The molecule has 0 radical (unpaired) electrons. The fraction of sp³-hybridized carbons (Fsp3) is 0.571. The highest BCUT2D eigenvalue weighted by molar-refractivity contribution is 7.90. The van der Waals surface area contributed by atoms with E-state index in [1.54, 1.807) is 18.7 Å². The summed E-state index contributed by atoms with van der Waals surface area (Å²) < 4.78 is 25.6. The molecule has 0 unspecified atom stereocenters. The Kier molecular flexibility index (Phi) is 4.06. The van der Waals surface area contributed by atoms with Gasteiger partial charge in [-0.15, -0.1) is 0 Å². The summed E-state index contributed by atoms with van der Waals surface area (Å²) in [6.07, 6.45) is 0.0997. The van der Waals surface area contributed by atoms with E-state index in [0.717, 1.165) is 6.26 Å². The molecule has 2 aromatic heterocycles. The van der Waals surface area contributed by atoms with Crippen LogP contribution in [0, 0.1) is 6.92 Å². The van der Waals surface area contributed by atoms with Gasteiger partial charge in [0.05, 0.1) is 5.69 Å². The van der Waals surface area contributed by atoms with E-state index in [-0.39, 0.29) is 11.2 Å². The second kappa shape index (κ2) is 5.83. The van der Waals surface area contributed by atoms with E-state index in [1.165, 1.54) is 4.90 Å². The first kappa shape index (κ1) is 17.4. The maximum atomic E-state index is 12.0. The average molecular weight is 368 g/mol. The summed E-state index contributed by atoms with van der Waals surface area (Å²) in [7, 11) is -1.84. The molecule has 1 atom stereocenters. The summed E-state index contributed by atoms with van der Waals surface area (Å²) in [6, 6.07) is -0.162. The van der Waals surface area contributed by atoms with Crippen molar-refractivity contribution in [3.05, 3.63) is 5.69 Å². The predicted molar refractivity (Wildman–Crippen MR) is 90.6 cm³/mol. The lowest BCUT2D eigenvalue weighted by atomic mass is 10.2. The van der Waals surface area contributed by atoms with E-state index >= 15 is 0 Å². The van der Waals surface area contributed by atoms with Crippen molar-refractivity contribution in [2.75, 3.05) is 30.8 Å². The van der Waals surface area contributed by atoms with Crippen molar-refractivity contribution in [3.8, 4) is 0 Å². The molecule has 3 rings (SSSR count). The van der Waals surface area contributed by atoms with Crippen molar-refractivity contribution in [1.82, 2.24) is 24.6 Å². The number of carbonyl (C=O) groups is 1. The molecule has 136 valence electrons. The Morgan fingerprint density at radius 3 is 2.52 bits per heavy atom. The second-order valence-corrected chi connectivity index (χ2v) is 8.19. The first-order valence-corrected chi connectivity index (χ1v) is 9.64. The van der Waals surface area contributed by atoms with Gasteiger partial charge in [-0.05, 0) is 13.8 Å². The number of carboxylic acid groups (broad SMARTS) is 1. The van der Waals surface area contributed by atoms with Crippen LogP contribution in [0.4, 0.5) is 10.6 Å². The summed E-state index contributed by atoms with van der Waals surface area (Å²) in [5, 5.41) is 13.2. The molecule has 1 aliphatic rings. The lowest BCUT2D eigenvalue weighted by Crippen LogP contribution is -2.53. The Morgan fingerprint density at radius 1 is 1.28 bits per heavy atom. The van der Waals surface area contributed by atoms with Crippen molar-refractivity contribution < 1.29 is 18.3 Å². The van der Waals surface area contributed by atoms with Gasteiger partial charge in [0.15, 0.2) is 5.82 Å². The van der Waals surface area contributed by atoms with Crippen LogP contribution in [0.2, 0.25) is 0 Å². The number of nitrogens with zero attached hydrogens (tertiary/aromatic N) is 6. The summed E-state index contributed by atoms with van der Waals surface area (Å²) in [4.78, 5) is 22.9. The molecule has 1 aliphatic heterocycles. The first-order valence-electron chi connectivity index (χ1n) is 7.75. The highest BCUT2D eigenvalue weighted by atomic mass is 32.2. The molecule has 0 aromatic carbocycles. The summed E-state index contributed by atoms with van der Waals surface area (Å²) in [5.41, 5.74) is 1.74. The zero-order valence-corrected chi connectivity index (χ0v) is 15.3. The fourth-order valence-electron chi connectivity index (χ4n) is 3.11. The standard InChI is InChI=1S/C14H20N6O4S/c1-8-7-19(14(21)22)5-6-20(8)12-11-10(9(2)17-18(11)3)15-13(16-12)25(4,23)24/h8H,5-7H2,1-4H3,(H,21,22)/t8-/m0/s1. The Bertz CT molecular complexity index is 954. The van der Waals surface area contributed by atoms with Crippen molar-refractivity contribution in [2.24, 2.45) is 7.05 Å². The number of hydrogen-bond donors (Lipinski definition) is 1. The van der Waals surface area contributed by atoms with Gasteiger partial charge in [0.1, 0.15) is 11.0 Å². The van der Waals surface area contributed by atoms with E-state index in [4.69, 9.17) is 0 Å². The molecule has 25 heavy (non-hydrogen) atoms. The topological polar surface area (TPSA) is 122 Å². The predicted octanol–water partition coefficient (Wildman–Crippen LogP) is 0.264. The van der Waals surface area contributed by atoms with Crippen LogP contribution in [0.25, 0.3) is 11.0 Å². The third-order valence-corrected chi connectivity index (χ3v) is 5.16. The lowest BCUT2D eigenvalue weighted by molar-refractivity contribution is 0.136. The van der Waals surface area contributed by atoms with E-state index in [1.807, 2.05) is 11.8 Å². The number of fused-ring (bicyclic) bond motifs is 1. The van der Waals surface area contributed by atoms with Crippen LogP contribution < -0.4 is 4.90 Å². The monoisotopic (exact) mass is 368 g/mol. The smallest absolute Gasteiger partial charge is 0.407 e. The minimum absolute atomic E-state index is 0.162. The molecule has 0 aliphatic carbocycles. The van der Waals surface area contributed by atoms with Gasteiger partial charge in [0.2, 0.25) is 15.0 Å². The zero-order chi connectivity index (χ0) is 18.5. The van der Waals surface area contributed by atoms with E-state index < -0.39 is 15.9 Å². The molecular formula is C14H20N6O4S. The van der Waals surface area contributed by atoms with E-state index in [9.17, 15) is 18.3 Å². The zero-order valence-electron chi connectivity index (χ0n) is 14.5. The van der Waals surface area contributed by atoms with Crippen molar-refractivity contribution in [2.45, 2.75) is 25.0 Å². The normalized spacial score (nSPS) is 18.8. The molecule has 11 heteroatoms. The van der Waals surface area contributed by atoms with Crippen LogP contribution in [-0.4, -0.2) is 76.2 Å². The largest absolute Gasteiger partial charge is 0.465 e. The molecule has 0 bridgehead atoms. The maximum absolute atomic E-state index is 12.0. The van der Waals surface area contributed by atoms with Crippen molar-refractivity contribution in [3.63, 3.8) is 0 Å². The van der Waals surface area contributed by atoms with Crippen LogP contribution in [0.15, 0.2) is 5.16 Å². The Morgan fingerprint density at radius 2 is 1.96 bits per heavy atom. The highest BCUT2D eigenvalue weighted by Crippen LogP contribution is 2.29. The minimum atomic E-state index is -3.60. The number of sulfone groups is 1. The average Bonchev–Trinajstić information content (AvgIpc) is 2.80. The fourth-order valence-corrected chi connectivity index (χ4v) is 3.62. The van der Waals surface area contributed by atoms with E-state index in [2.05, 4.69) is 15.1 Å². The molecule has 10 nitrogen and oxygen atoms in total. The quantitative estimate of drug-likeness (QED) is 0.749. The molecule has 0 saturated carbocycles. The number of aromatic nitrogens is 4. The van der Waals surface area contributed by atoms with Gasteiger partial charge in [-0.1, -0.05) is 0 Å². The van der Waals surface area contributed by atoms with Crippen LogP contribution in [0.5, 0.6) is 0 Å². The number of amides is 1. The van der Waals surface area contributed by atoms with Crippen molar-refractivity contribution >= 4 is 32.8 Å². The van der Waals surface area contributed by atoms with Crippen LogP contribution >= 0.6 is 0 Å². The molecule has 1 fully saturated rings. The van der Waals surface area contributed by atoms with E-state index in [0.29, 0.717) is 42.2 Å². The third kappa shape index (κ3) is 2.99. The second-order valence-electron chi connectivity index (χ2n) is 6.28. The Labute approximate surface area is 145 Å². The molecule has 0 spiro atoms. The third-order valence-electron chi connectivity index (χ3n) is 4.31. The Balaban J connectivity index is 2.16. The van der Waals surface area contributed by atoms with Gasteiger partial charge in [0.25, 0.3) is 0 Å². The molecule has 1 saturated heterocycles. The molecule has 1 N–H and O–H groups in total. The van der Waals surface area contributed by atoms with Crippen molar-refractivity contribution in [1.29, 1.82) is 0 Å².